The van der Waals surface area contributed by atoms with Crippen molar-refractivity contribution < 1.29 is 14.3 Å². The molecule has 0 saturated carbocycles. The third-order valence-electron chi connectivity index (χ3n) is 4.40. The van der Waals surface area contributed by atoms with Crippen molar-refractivity contribution in [3.63, 3.8) is 0 Å². The maximum absolute atomic E-state index is 12.7. The lowest BCUT2D eigenvalue weighted by atomic mass is 10.1. The van der Waals surface area contributed by atoms with E-state index >= 15 is 0 Å². The van der Waals surface area contributed by atoms with Crippen LogP contribution in [0.5, 0.6) is 0 Å². The molecule has 1 amide bonds. The quantitative estimate of drug-likeness (QED) is 0.461. The molecule has 7 nitrogen and oxygen atoms in total. The van der Waals surface area contributed by atoms with Gasteiger partial charge in [-0.15, -0.1) is 0 Å². The fraction of sp³-hybridized carbons (Fsp3) is 0.200. The summed E-state index contributed by atoms with van der Waals surface area (Å²) in [4.78, 5) is 39.5. The Hall–Kier alpha value is -2.97. The van der Waals surface area contributed by atoms with Gasteiger partial charge < -0.3 is 15.0 Å². The lowest BCUT2D eigenvalue weighted by Gasteiger charge is -2.10. The summed E-state index contributed by atoms with van der Waals surface area (Å²) in [6, 6.07) is 11.8. The minimum atomic E-state index is -0.509. The normalized spacial score (nSPS) is 10.7. The van der Waals surface area contributed by atoms with E-state index in [9.17, 15) is 14.4 Å². The number of rotatable bonds is 6. The summed E-state index contributed by atoms with van der Waals surface area (Å²) in [7, 11) is 1.28. The number of halogens is 1. The van der Waals surface area contributed by atoms with E-state index in [-0.39, 0.29) is 29.2 Å². The number of esters is 1. The van der Waals surface area contributed by atoms with Crippen molar-refractivity contribution in [2.75, 3.05) is 7.11 Å². The molecule has 9 heteroatoms. The van der Waals surface area contributed by atoms with Gasteiger partial charge in [0.15, 0.2) is 4.77 Å². The van der Waals surface area contributed by atoms with E-state index in [4.69, 9.17) is 23.8 Å². The van der Waals surface area contributed by atoms with Crippen molar-refractivity contribution in [3.05, 3.63) is 73.7 Å². The van der Waals surface area contributed by atoms with Gasteiger partial charge in [0.1, 0.15) is 0 Å². The van der Waals surface area contributed by atoms with Gasteiger partial charge in [0, 0.05) is 24.5 Å². The molecule has 0 aliphatic heterocycles. The van der Waals surface area contributed by atoms with E-state index < -0.39 is 5.97 Å². The van der Waals surface area contributed by atoms with Crippen LogP contribution in [0.2, 0.25) is 5.02 Å². The number of nitrogens with zero attached hydrogens (tertiary/aromatic N) is 1. The predicted molar refractivity (Wildman–Crippen MR) is 113 cm³/mol. The maximum atomic E-state index is 12.7. The average Bonchev–Trinajstić information content (AvgIpc) is 2.72. The van der Waals surface area contributed by atoms with Gasteiger partial charge in [-0.1, -0.05) is 29.8 Å². The highest BCUT2D eigenvalue weighted by Gasteiger charge is 2.11. The molecule has 0 unspecified atom stereocenters. The minimum Gasteiger partial charge on any atom is -0.465 e. The van der Waals surface area contributed by atoms with Crippen LogP contribution in [0.25, 0.3) is 10.9 Å². The van der Waals surface area contributed by atoms with Gasteiger partial charge in [-0.05, 0) is 42.0 Å². The first kappa shape index (κ1) is 20.8. The van der Waals surface area contributed by atoms with Crippen LogP contribution in [0.1, 0.15) is 22.3 Å². The van der Waals surface area contributed by atoms with Crippen LogP contribution in [0.4, 0.5) is 0 Å². The van der Waals surface area contributed by atoms with Crippen molar-refractivity contribution in [1.82, 2.24) is 14.9 Å². The van der Waals surface area contributed by atoms with Crippen LogP contribution in [0.3, 0.4) is 0 Å². The zero-order valence-corrected chi connectivity index (χ0v) is 17.1. The van der Waals surface area contributed by atoms with Crippen LogP contribution in [-0.4, -0.2) is 28.5 Å². The van der Waals surface area contributed by atoms with Crippen LogP contribution in [0.15, 0.2) is 47.3 Å². The molecule has 0 bridgehead atoms. The number of nitrogens with one attached hydrogen (secondary N) is 2. The summed E-state index contributed by atoms with van der Waals surface area (Å²) < 4.78 is 6.18. The highest BCUT2D eigenvalue weighted by atomic mass is 35.5. The van der Waals surface area contributed by atoms with Gasteiger partial charge in [0.2, 0.25) is 5.91 Å². The molecule has 0 fully saturated rings. The van der Waals surface area contributed by atoms with E-state index in [0.717, 1.165) is 5.56 Å². The fourth-order valence-electron chi connectivity index (χ4n) is 2.84. The highest BCUT2D eigenvalue weighted by Crippen LogP contribution is 2.14. The smallest absolute Gasteiger partial charge is 0.337 e. The Balaban J connectivity index is 1.74. The van der Waals surface area contributed by atoms with Crippen molar-refractivity contribution in [2.45, 2.75) is 19.5 Å². The number of amides is 1. The molecular weight excluding hydrogens is 414 g/mol. The number of carbonyl (C=O) groups excluding carboxylic acids is 2. The molecule has 0 radical (unpaired) electrons. The summed E-state index contributed by atoms with van der Waals surface area (Å²) in [6.45, 7) is 0.422. The first-order chi connectivity index (χ1) is 13.9. The topological polar surface area (TPSA) is 93.2 Å². The third-order valence-corrected chi connectivity index (χ3v) is 5.09. The molecule has 0 aliphatic rings. The number of aromatic nitrogens is 2. The van der Waals surface area contributed by atoms with Crippen molar-refractivity contribution in [3.8, 4) is 0 Å². The lowest BCUT2D eigenvalue weighted by molar-refractivity contribution is -0.121. The maximum Gasteiger partial charge on any atom is 0.337 e. The van der Waals surface area contributed by atoms with Crippen LogP contribution in [0, 0.1) is 4.77 Å². The van der Waals surface area contributed by atoms with Crippen LogP contribution in [-0.2, 0) is 22.6 Å². The zero-order valence-electron chi connectivity index (χ0n) is 15.5. The van der Waals surface area contributed by atoms with E-state index in [0.29, 0.717) is 28.0 Å². The SMILES string of the molecule is COC(=O)c1ccc2c(=O)n(CCC(=O)NCc3ccccc3Cl)c(=S)[nH]c2c1. The summed E-state index contributed by atoms with van der Waals surface area (Å²) in [5.74, 6) is -0.738. The molecule has 2 N–H and O–H groups in total. The number of ether oxygens (including phenoxy) is 1. The van der Waals surface area contributed by atoms with Crippen LogP contribution >= 0.6 is 23.8 Å². The number of carbonyl (C=O) groups is 2. The average molecular weight is 432 g/mol. The number of aromatic amines is 1. The summed E-state index contributed by atoms with van der Waals surface area (Å²) in [6.07, 6.45) is 0.0770. The molecule has 0 spiro atoms. The summed E-state index contributed by atoms with van der Waals surface area (Å²) >= 11 is 11.3. The first-order valence-corrected chi connectivity index (χ1v) is 9.54. The number of methoxy groups -OCH3 is 1. The van der Waals surface area contributed by atoms with E-state index in [2.05, 4.69) is 15.0 Å². The molecule has 150 valence electrons. The number of hydrogen-bond donors (Lipinski definition) is 2. The second-order valence-corrected chi connectivity index (χ2v) is 7.05. The molecule has 0 saturated heterocycles. The minimum absolute atomic E-state index is 0.0770. The summed E-state index contributed by atoms with van der Waals surface area (Å²) in [5.41, 5.74) is 1.22. The lowest BCUT2D eigenvalue weighted by Crippen LogP contribution is -2.28. The molecule has 0 atom stereocenters. The largest absolute Gasteiger partial charge is 0.465 e. The Labute approximate surface area is 176 Å². The molecule has 2 aromatic carbocycles. The number of H-pyrrole nitrogens is 1. The highest BCUT2D eigenvalue weighted by molar-refractivity contribution is 7.71. The molecule has 29 heavy (non-hydrogen) atoms. The predicted octanol–water partition coefficient (Wildman–Crippen LogP) is 3.21. The molecule has 3 aromatic rings. The van der Waals surface area contributed by atoms with Gasteiger partial charge in [0.25, 0.3) is 5.56 Å². The van der Waals surface area contributed by atoms with E-state index in [1.165, 1.54) is 29.9 Å². The first-order valence-electron chi connectivity index (χ1n) is 8.76. The van der Waals surface area contributed by atoms with Gasteiger partial charge in [-0.2, -0.15) is 0 Å². The molecule has 1 heterocycles. The van der Waals surface area contributed by atoms with E-state index in [1.807, 2.05) is 18.2 Å². The Bertz CT molecular complexity index is 1200. The van der Waals surface area contributed by atoms with Crippen molar-refractivity contribution in [2.24, 2.45) is 0 Å². The van der Waals surface area contributed by atoms with Gasteiger partial charge in [0.05, 0.1) is 23.6 Å². The fourth-order valence-corrected chi connectivity index (χ4v) is 3.33. The number of benzene rings is 2. The second-order valence-electron chi connectivity index (χ2n) is 6.26. The van der Waals surface area contributed by atoms with Crippen molar-refractivity contribution in [1.29, 1.82) is 0 Å². The van der Waals surface area contributed by atoms with Crippen molar-refractivity contribution >= 4 is 46.6 Å². The van der Waals surface area contributed by atoms with E-state index in [1.54, 1.807) is 6.07 Å². The Morgan fingerprint density at radius 3 is 2.72 bits per heavy atom. The van der Waals surface area contributed by atoms with Gasteiger partial charge in [-0.3, -0.25) is 14.2 Å². The molecule has 0 aliphatic carbocycles. The number of fused-ring (bicyclic) bond motifs is 1. The van der Waals surface area contributed by atoms with Gasteiger partial charge >= 0.3 is 5.97 Å². The Morgan fingerprint density at radius 2 is 2.00 bits per heavy atom. The molecular formula is C20H18ClN3O4S. The molecule has 1 aromatic heterocycles. The monoisotopic (exact) mass is 431 g/mol. The zero-order chi connectivity index (χ0) is 21.0. The van der Waals surface area contributed by atoms with Crippen LogP contribution < -0.4 is 10.9 Å². The molecule has 3 rings (SSSR count). The summed E-state index contributed by atoms with van der Waals surface area (Å²) in [5, 5.41) is 3.72. The third kappa shape index (κ3) is 4.72. The Kier molecular flexibility index (Phi) is 6.46. The Morgan fingerprint density at radius 1 is 1.24 bits per heavy atom. The standard InChI is InChI=1S/C20H18ClN3O4S/c1-28-19(27)12-6-7-14-16(10-12)23-20(29)24(18(14)26)9-8-17(25)22-11-13-4-2-3-5-15(13)21/h2-7,10H,8-9,11H2,1H3,(H,22,25)(H,23,29). The second kappa shape index (κ2) is 9.02. The van der Waals surface area contributed by atoms with Gasteiger partial charge in [-0.25, -0.2) is 4.79 Å². The number of hydrogen-bond acceptors (Lipinski definition) is 5.